The highest BCUT2D eigenvalue weighted by atomic mass is 19.4. The van der Waals surface area contributed by atoms with Crippen molar-refractivity contribution in [2.75, 3.05) is 0 Å². The zero-order valence-electron chi connectivity index (χ0n) is 19.4. The number of benzene rings is 3. The minimum Gasteiger partial charge on any atom is -0.240 e. The number of hydrogen-bond donors (Lipinski definition) is 0. The molecule has 0 spiro atoms. The molecule has 0 amide bonds. The summed E-state index contributed by atoms with van der Waals surface area (Å²) in [5.74, 6) is 0. The molecule has 170 valence electrons. The highest BCUT2D eigenvalue weighted by Crippen LogP contribution is 2.36. The molecule has 34 heavy (non-hydrogen) atoms. The molecule has 0 saturated heterocycles. The SMILES string of the molecule is Cc1nc2ccccc2[n+](C)c1-c1cc(C(F)(F)F)cc(-[n+]2cc3ccccc3cc2C)c1C. The van der Waals surface area contributed by atoms with Crippen LogP contribution in [0.3, 0.4) is 0 Å². The van der Waals surface area contributed by atoms with Gasteiger partial charge >= 0.3 is 6.18 Å². The van der Waals surface area contributed by atoms with Gasteiger partial charge in [-0.1, -0.05) is 30.3 Å². The molecule has 0 atom stereocenters. The van der Waals surface area contributed by atoms with Crippen molar-refractivity contribution in [3.8, 4) is 16.9 Å². The number of fused-ring (bicyclic) bond motifs is 2. The third-order valence-corrected chi connectivity index (χ3v) is 6.44. The Hall–Kier alpha value is -3.80. The molecule has 5 rings (SSSR count). The Morgan fingerprint density at radius 1 is 0.824 bits per heavy atom. The molecule has 5 aromatic rings. The molecule has 0 bridgehead atoms. The summed E-state index contributed by atoms with van der Waals surface area (Å²) in [6.45, 7) is 5.63. The first-order chi connectivity index (χ1) is 16.1. The van der Waals surface area contributed by atoms with Crippen LogP contribution in [0.5, 0.6) is 0 Å². The summed E-state index contributed by atoms with van der Waals surface area (Å²) in [5, 5.41) is 2.00. The number of para-hydroxylation sites is 2. The second-order valence-corrected chi connectivity index (χ2v) is 8.67. The van der Waals surface area contributed by atoms with Crippen LogP contribution in [0.15, 0.2) is 72.9 Å². The fourth-order valence-corrected chi connectivity index (χ4v) is 4.73. The number of pyridine rings is 1. The lowest BCUT2D eigenvalue weighted by Crippen LogP contribution is -2.37. The molecular formula is C28H24F3N3+2. The number of halogens is 3. The first-order valence-corrected chi connectivity index (χ1v) is 11.0. The van der Waals surface area contributed by atoms with E-state index in [1.165, 1.54) is 12.1 Å². The quantitative estimate of drug-likeness (QED) is 0.292. The monoisotopic (exact) mass is 459 g/mol. The number of nitrogens with zero attached hydrogens (tertiary/aromatic N) is 3. The first kappa shape index (κ1) is 22.0. The molecule has 2 aromatic heterocycles. The third kappa shape index (κ3) is 3.59. The van der Waals surface area contributed by atoms with E-state index in [1.807, 2.05) is 97.7 Å². The Bertz CT molecular complexity index is 1590. The van der Waals surface area contributed by atoms with E-state index in [0.717, 1.165) is 33.1 Å². The molecule has 2 heterocycles. The van der Waals surface area contributed by atoms with Gasteiger partial charge in [0.25, 0.3) is 0 Å². The van der Waals surface area contributed by atoms with Gasteiger partial charge in [0, 0.05) is 36.1 Å². The summed E-state index contributed by atoms with van der Waals surface area (Å²) in [4.78, 5) is 4.70. The molecule has 0 aliphatic rings. The van der Waals surface area contributed by atoms with Gasteiger partial charge in [0.2, 0.25) is 16.9 Å². The Morgan fingerprint density at radius 2 is 1.50 bits per heavy atom. The van der Waals surface area contributed by atoms with E-state index in [-0.39, 0.29) is 0 Å². The largest absolute Gasteiger partial charge is 0.416 e. The van der Waals surface area contributed by atoms with Gasteiger partial charge in [0.05, 0.1) is 11.1 Å². The van der Waals surface area contributed by atoms with Gasteiger partial charge in [-0.15, -0.1) is 0 Å². The summed E-state index contributed by atoms with van der Waals surface area (Å²) < 4.78 is 46.0. The lowest BCUT2D eigenvalue weighted by Gasteiger charge is -2.15. The Balaban J connectivity index is 1.86. The highest BCUT2D eigenvalue weighted by Gasteiger charge is 2.36. The summed E-state index contributed by atoms with van der Waals surface area (Å²) in [7, 11) is 1.88. The van der Waals surface area contributed by atoms with Gasteiger partial charge < -0.3 is 0 Å². The van der Waals surface area contributed by atoms with Gasteiger partial charge in [-0.25, -0.2) is 4.98 Å². The highest BCUT2D eigenvalue weighted by molar-refractivity contribution is 5.81. The predicted octanol–water partition coefficient (Wildman–Crippen LogP) is 6.10. The van der Waals surface area contributed by atoms with Crippen molar-refractivity contribution in [2.24, 2.45) is 7.05 Å². The van der Waals surface area contributed by atoms with Crippen LogP contribution in [0.4, 0.5) is 13.2 Å². The molecule has 0 saturated carbocycles. The zero-order valence-corrected chi connectivity index (χ0v) is 19.4. The molecule has 0 aliphatic heterocycles. The Morgan fingerprint density at radius 3 is 2.24 bits per heavy atom. The van der Waals surface area contributed by atoms with Crippen molar-refractivity contribution in [1.82, 2.24) is 4.98 Å². The standard InChI is InChI=1S/C28H24F3N3/c1-17-13-20-9-5-6-10-21(20)16-34(17)26-15-22(28(29,30)31)14-23(18(26)2)27-19(3)32-24-11-7-8-12-25(24)33(27)4/h5-16H,1-4H3/q+2. The maximum Gasteiger partial charge on any atom is 0.416 e. The molecule has 0 N–H and O–H groups in total. The van der Waals surface area contributed by atoms with Gasteiger partial charge in [-0.3, -0.25) is 0 Å². The fourth-order valence-electron chi connectivity index (χ4n) is 4.73. The molecule has 0 fully saturated rings. The average molecular weight is 460 g/mol. The first-order valence-electron chi connectivity index (χ1n) is 11.0. The van der Waals surface area contributed by atoms with Crippen molar-refractivity contribution in [1.29, 1.82) is 0 Å². The van der Waals surface area contributed by atoms with E-state index in [4.69, 9.17) is 4.98 Å². The number of alkyl halides is 3. The van der Waals surface area contributed by atoms with Crippen molar-refractivity contribution in [2.45, 2.75) is 26.9 Å². The van der Waals surface area contributed by atoms with Crippen LogP contribution in [-0.2, 0) is 13.2 Å². The molecule has 0 radical (unpaired) electrons. The number of aryl methyl sites for hydroxylation is 3. The van der Waals surface area contributed by atoms with E-state index in [9.17, 15) is 13.2 Å². The zero-order chi connectivity index (χ0) is 24.2. The van der Waals surface area contributed by atoms with E-state index in [1.54, 1.807) is 0 Å². The summed E-state index contributed by atoms with van der Waals surface area (Å²) in [6, 6.07) is 20.0. The van der Waals surface area contributed by atoms with Gasteiger partial charge in [0.15, 0.2) is 11.9 Å². The number of rotatable bonds is 2. The molecule has 0 aliphatic carbocycles. The van der Waals surface area contributed by atoms with Crippen molar-refractivity contribution >= 4 is 21.8 Å². The molecule has 3 aromatic carbocycles. The van der Waals surface area contributed by atoms with E-state index in [0.29, 0.717) is 22.6 Å². The summed E-state index contributed by atoms with van der Waals surface area (Å²) in [5.41, 5.74) is 4.95. The van der Waals surface area contributed by atoms with Crippen LogP contribution in [0.1, 0.15) is 22.5 Å². The third-order valence-electron chi connectivity index (χ3n) is 6.44. The maximum absolute atomic E-state index is 14.1. The summed E-state index contributed by atoms with van der Waals surface area (Å²) in [6.07, 6.45) is -2.58. The molecular weight excluding hydrogens is 435 g/mol. The van der Waals surface area contributed by atoms with Crippen LogP contribution in [-0.4, -0.2) is 4.98 Å². The molecule has 0 unspecified atom stereocenters. The summed E-state index contributed by atoms with van der Waals surface area (Å²) >= 11 is 0. The normalized spacial score (nSPS) is 12.0. The lowest BCUT2D eigenvalue weighted by molar-refractivity contribution is -0.634. The van der Waals surface area contributed by atoms with Crippen LogP contribution in [0.25, 0.3) is 38.8 Å². The second-order valence-electron chi connectivity index (χ2n) is 8.67. The predicted molar refractivity (Wildman–Crippen MR) is 127 cm³/mol. The smallest absolute Gasteiger partial charge is 0.240 e. The fraction of sp³-hybridized carbons (Fsp3) is 0.179. The maximum atomic E-state index is 14.1. The minimum atomic E-state index is -4.49. The average Bonchev–Trinajstić information content (AvgIpc) is 2.79. The van der Waals surface area contributed by atoms with Crippen molar-refractivity contribution in [3.05, 3.63) is 95.4 Å². The second kappa shape index (κ2) is 7.90. The van der Waals surface area contributed by atoms with Crippen LogP contribution < -0.4 is 9.13 Å². The van der Waals surface area contributed by atoms with Gasteiger partial charge in [0.1, 0.15) is 18.3 Å². The van der Waals surface area contributed by atoms with E-state index < -0.39 is 11.7 Å². The minimum absolute atomic E-state index is 0.501. The topological polar surface area (TPSA) is 20.6 Å². The van der Waals surface area contributed by atoms with Crippen LogP contribution in [0.2, 0.25) is 0 Å². The Kier molecular flexibility index (Phi) is 5.12. The molecule has 6 heteroatoms. The number of hydrogen-bond acceptors (Lipinski definition) is 1. The van der Waals surface area contributed by atoms with Crippen molar-refractivity contribution < 1.29 is 22.3 Å². The van der Waals surface area contributed by atoms with Crippen LogP contribution in [0, 0.1) is 20.8 Å². The Labute approximate surface area is 195 Å². The van der Waals surface area contributed by atoms with E-state index in [2.05, 4.69) is 0 Å². The van der Waals surface area contributed by atoms with Gasteiger partial charge in [-0.2, -0.15) is 22.3 Å². The van der Waals surface area contributed by atoms with E-state index >= 15 is 0 Å². The molecule has 3 nitrogen and oxygen atoms in total. The number of aromatic nitrogens is 3. The lowest BCUT2D eigenvalue weighted by atomic mass is 9.97. The van der Waals surface area contributed by atoms with Crippen LogP contribution >= 0.6 is 0 Å². The van der Waals surface area contributed by atoms with Crippen molar-refractivity contribution in [3.63, 3.8) is 0 Å². The van der Waals surface area contributed by atoms with Gasteiger partial charge in [-0.05, 0) is 37.4 Å².